The van der Waals surface area contributed by atoms with Gasteiger partial charge < -0.3 is 9.47 Å². The van der Waals surface area contributed by atoms with E-state index in [0.29, 0.717) is 13.0 Å². The molecule has 0 bridgehead atoms. The average molecular weight is 324 g/mol. The summed E-state index contributed by atoms with van der Waals surface area (Å²) in [6.07, 6.45) is 2.56. The molecule has 2 rings (SSSR count). The van der Waals surface area contributed by atoms with Gasteiger partial charge in [-0.1, -0.05) is 13.8 Å². The van der Waals surface area contributed by atoms with E-state index >= 15 is 0 Å². The SMILES string of the molecule is COC(=O)[C@@H]1C(=O)[C@H](C(=O)CC[C@@H]2CCCO2)C(=O)CC1(C)C. The summed E-state index contributed by atoms with van der Waals surface area (Å²) >= 11 is 0. The fraction of sp³-hybridized carbons (Fsp3) is 0.765. The number of hydrogen-bond donors (Lipinski definition) is 0. The summed E-state index contributed by atoms with van der Waals surface area (Å²) in [5.74, 6) is -4.48. The first kappa shape index (κ1) is 17.8. The molecule has 0 N–H and O–H groups in total. The standard InChI is InChI=1S/C17H24O6/c1-17(2)9-12(19)13(15(20)14(17)16(21)22-3)11(18)7-6-10-5-4-8-23-10/h10,13-14H,4-9H2,1-3H3/t10-,13+,14-/m0/s1. The van der Waals surface area contributed by atoms with E-state index in [1.807, 2.05) is 0 Å². The molecule has 1 heterocycles. The molecule has 3 atom stereocenters. The molecule has 0 spiro atoms. The Kier molecular flexibility index (Phi) is 5.34. The van der Waals surface area contributed by atoms with Gasteiger partial charge in [0.25, 0.3) is 0 Å². The van der Waals surface area contributed by atoms with Gasteiger partial charge in [-0.25, -0.2) is 0 Å². The van der Waals surface area contributed by atoms with E-state index < -0.39 is 40.6 Å². The minimum absolute atomic E-state index is 0.0227. The lowest BCUT2D eigenvalue weighted by atomic mass is 9.63. The molecule has 0 aromatic rings. The average Bonchev–Trinajstić information content (AvgIpc) is 2.96. The van der Waals surface area contributed by atoms with Crippen LogP contribution in [0.25, 0.3) is 0 Å². The minimum Gasteiger partial charge on any atom is -0.468 e. The molecular weight excluding hydrogens is 300 g/mol. The fourth-order valence-electron chi connectivity index (χ4n) is 3.57. The van der Waals surface area contributed by atoms with Crippen molar-refractivity contribution < 1.29 is 28.7 Å². The lowest BCUT2D eigenvalue weighted by molar-refractivity contribution is -0.161. The molecule has 0 aromatic heterocycles. The maximum atomic E-state index is 12.6. The van der Waals surface area contributed by atoms with Crippen molar-refractivity contribution in [3.8, 4) is 0 Å². The van der Waals surface area contributed by atoms with Crippen LogP contribution in [0.1, 0.15) is 46.0 Å². The van der Waals surface area contributed by atoms with Crippen LogP contribution in [0.5, 0.6) is 0 Å². The lowest BCUT2D eigenvalue weighted by Crippen LogP contribution is -2.52. The molecule has 6 heteroatoms. The van der Waals surface area contributed by atoms with Crippen LogP contribution in [0.4, 0.5) is 0 Å². The normalized spacial score (nSPS) is 30.3. The molecule has 2 fully saturated rings. The van der Waals surface area contributed by atoms with E-state index in [0.717, 1.165) is 12.8 Å². The van der Waals surface area contributed by atoms with Crippen molar-refractivity contribution in [2.24, 2.45) is 17.3 Å². The first-order chi connectivity index (χ1) is 10.8. The summed E-state index contributed by atoms with van der Waals surface area (Å²) in [5.41, 5.74) is -0.827. The number of carbonyl (C=O) groups excluding carboxylic acids is 4. The Morgan fingerprint density at radius 3 is 2.57 bits per heavy atom. The third-order valence-corrected chi connectivity index (χ3v) is 4.80. The van der Waals surface area contributed by atoms with Crippen LogP contribution in [0.15, 0.2) is 0 Å². The van der Waals surface area contributed by atoms with Gasteiger partial charge in [-0.3, -0.25) is 19.2 Å². The summed E-state index contributed by atoms with van der Waals surface area (Å²) in [4.78, 5) is 49.2. The van der Waals surface area contributed by atoms with Crippen molar-refractivity contribution in [1.29, 1.82) is 0 Å². The number of esters is 1. The first-order valence-electron chi connectivity index (χ1n) is 8.06. The first-order valence-corrected chi connectivity index (χ1v) is 8.06. The summed E-state index contributed by atoms with van der Waals surface area (Å²) in [6.45, 7) is 4.05. The maximum Gasteiger partial charge on any atom is 0.316 e. The van der Waals surface area contributed by atoms with Crippen molar-refractivity contribution >= 4 is 23.3 Å². The topological polar surface area (TPSA) is 86.7 Å². The van der Waals surface area contributed by atoms with Gasteiger partial charge >= 0.3 is 5.97 Å². The van der Waals surface area contributed by atoms with E-state index in [2.05, 4.69) is 0 Å². The number of hydrogen-bond acceptors (Lipinski definition) is 6. The second-order valence-corrected chi connectivity index (χ2v) is 7.06. The monoisotopic (exact) mass is 324 g/mol. The predicted octanol–water partition coefficient (Wildman–Crippen LogP) is 1.49. The highest BCUT2D eigenvalue weighted by atomic mass is 16.5. The van der Waals surface area contributed by atoms with Gasteiger partial charge in [0, 0.05) is 19.4 Å². The quantitative estimate of drug-likeness (QED) is 0.562. The van der Waals surface area contributed by atoms with Crippen LogP contribution in [-0.4, -0.2) is 43.1 Å². The third-order valence-electron chi connectivity index (χ3n) is 4.80. The number of carbonyl (C=O) groups is 4. The van der Waals surface area contributed by atoms with Gasteiger partial charge in [0.1, 0.15) is 11.8 Å². The highest BCUT2D eigenvalue weighted by molar-refractivity contribution is 6.25. The zero-order valence-corrected chi connectivity index (χ0v) is 13.9. The van der Waals surface area contributed by atoms with Crippen molar-refractivity contribution in [3.63, 3.8) is 0 Å². The Morgan fingerprint density at radius 1 is 1.30 bits per heavy atom. The van der Waals surface area contributed by atoms with Gasteiger partial charge in [0.2, 0.25) is 0 Å². The lowest BCUT2D eigenvalue weighted by Gasteiger charge is -2.37. The van der Waals surface area contributed by atoms with Crippen LogP contribution in [-0.2, 0) is 28.7 Å². The van der Waals surface area contributed by atoms with Crippen LogP contribution in [0.3, 0.4) is 0 Å². The minimum atomic E-state index is -1.33. The van der Waals surface area contributed by atoms with Gasteiger partial charge in [-0.15, -0.1) is 0 Å². The summed E-state index contributed by atoms with van der Waals surface area (Å²) < 4.78 is 10.2. The Hall–Kier alpha value is -1.56. The van der Waals surface area contributed by atoms with Gasteiger partial charge in [0.05, 0.1) is 13.2 Å². The Balaban J connectivity index is 2.10. The Bertz CT molecular complexity index is 515. The molecule has 1 aliphatic heterocycles. The maximum absolute atomic E-state index is 12.6. The van der Waals surface area contributed by atoms with Crippen LogP contribution < -0.4 is 0 Å². The summed E-state index contributed by atoms with van der Waals surface area (Å²) in [6, 6.07) is 0. The Labute approximate surface area is 135 Å². The summed E-state index contributed by atoms with van der Waals surface area (Å²) in [7, 11) is 1.20. The van der Waals surface area contributed by atoms with Gasteiger partial charge in [-0.2, -0.15) is 0 Å². The molecule has 128 valence electrons. The van der Waals surface area contributed by atoms with E-state index in [1.165, 1.54) is 7.11 Å². The van der Waals surface area contributed by atoms with Crippen molar-refractivity contribution in [2.45, 2.75) is 52.1 Å². The number of Topliss-reactive ketones (excluding diaryl/α,β-unsaturated/α-hetero) is 3. The largest absolute Gasteiger partial charge is 0.468 e. The zero-order valence-electron chi connectivity index (χ0n) is 13.9. The Morgan fingerprint density at radius 2 is 2.00 bits per heavy atom. The van der Waals surface area contributed by atoms with Crippen LogP contribution in [0.2, 0.25) is 0 Å². The van der Waals surface area contributed by atoms with E-state index in [-0.39, 0.29) is 18.9 Å². The molecule has 0 aromatic carbocycles. The van der Waals surface area contributed by atoms with Gasteiger partial charge in [-0.05, 0) is 24.7 Å². The third kappa shape index (κ3) is 3.68. The van der Waals surface area contributed by atoms with Crippen molar-refractivity contribution in [2.75, 3.05) is 13.7 Å². The smallest absolute Gasteiger partial charge is 0.316 e. The molecule has 1 saturated carbocycles. The van der Waals surface area contributed by atoms with Crippen LogP contribution >= 0.6 is 0 Å². The molecule has 6 nitrogen and oxygen atoms in total. The van der Waals surface area contributed by atoms with E-state index in [9.17, 15) is 19.2 Å². The second kappa shape index (κ2) is 6.91. The molecule has 1 saturated heterocycles. The highest BCUT2D eigenvalue weighted by Crippen LogP contribution is 2.40. The molecule has 0 radical (unpaired) electrons. The number of rotatable bonds is 5. The molecule has 2 aliphatic rings. The predicted molar refractivity (Wildman–Crippen MR) is 80.6 cm³/mol. The highest BCUT2D eigenvalue weighted by Gasteiger charge is 2.53. The molecule has 0 amide bonds. The number of ketones is 3. The molecule has 0 unspecified atom stereocenters. The van der Waals surface area contributed by atoms with Crippen molar-refractivity contribution in [3.05, 3.63) is 0 Å². The molecule has 1 aliphatic carbocycles. The molecule has 23 heavy (non-hydrogen) atoms. The number of ether oxygens (including phenoxy) is 2. The number of methoxy groups -OCH3 is 1. The summed E-state index contributed by atoms with van der Waals surface area (Å²) in [5, 5.41) is 0. The van der Waals surface area contributed by atoms with Crippen molar-refractivity contribution in [1.82, 2.24) is 0 Å². The second-order valence-electron chi connectivity index (χ2n) is 7.06. The van der Waals surface area contributed by atoms with E-state index in [1.54, 1.807) is 13.8 Å². The molecular formula is C17H24O6. The van der Waals surface area contributed by atoms with Gasteiger partial charge in [0.15, 0.2) is 17.3 Å². The zero-order chi connectivity index (χ0) is 17.2. The van der Waals surface area contributed by atoms with Crippen LogP contribution in [0, 0.1) is 17.3 Å². The fourth-order valence-corrected chi connectivity index (χ4v) is 3.57. The van der Waals surface area contributed by atoms with E-state index in [4.69, 9.17) is 9.47 Å².